The smallest absolute Gasteiger partial charge is 0.161 e. The molecule has 0 unspecified atom stereocenters. The van der Waals surface area contributed by atoms with Gasteiger partial charge in [-0.1, -0.05) is 19.9 Å². The lowest BCUT2D eigenvalue weighted by Crippen LogP contribution is -2.19. The van der Waals surface area contributed by atoms with Crippen LogP contribution in [0.5, 0.6) is 11.5 Å². The molecule has 0 amide bonds. The molecule has 0 atom stereocenters. The Labute approximate surface area is 134 Å². The summed E-state index contributed by atoms with van der Waals surface area (Å²) in [5.74, 6) is 1.58. The standard InChI is InChI=1S/C18H30O4/c1-18(2,14-20-4)10-9-15-7-8-16(21-5)17(13-15)22-12-6-11-19-3/h7-8,13H,6,9-12,14H2,1-5H3. The minimum Gasteiger partial charge on any atom is -0.493 e. The van der Waals surface area contributed by atoms with Crippen molar-refractivity contribution >= 4 is 0 Å². The molecule has 1 aromatic carbocycles. The molecule has 0 saturated carbocycles. The van der Waals surface area contributed by atoms with Gasteiger partial charge in [-0.3, -0.25) is 0 Å². The molecule has 1 rings (SSSR count). The molecule has 4 heteroatoms. The number of ether oxygens (including phenoxy) is 4. The Morgan fingerprint density at radius 2 is 1.73 bits per heavy atom. The third-order valence-corrected chi connectivity index (χ3v) is 3.60. The number of rotatable bonds is 11. The van der Waals surface area contributed by atoms with E-state index in [1.165, 1.54) is 5.56 Å². The summed E-state index contributed by atoms with van der Waals surface area (Å²) in [6, 6.07) is 6.16. The third-order valence-electron chi connectivity index (χ3n) is 3.60. The van der Waals surface area contributed by atoms with Gasteiger partial charge in [-0.2, -0.15) is 0 Å². The zero-order chi connectivity index (χ0) is 16.4. The average Bonchev–Trinajstić information content (AvgIpc) is 2.50. The first-order valence-electron chi connectivity index (χ1n) is 7.80. The molecule has 0 aromatic heterocycles. The zero-order valence-electron chi connectivity index (χ0n) is 14.6. The van der Waals surface area contributed by atoms with Crippen LogP contribution < -0.4 is 9.47 Å². The molecule has 0 heterocycles. The fourth-order valence-electron chi connectivity index (χ4n) is 2.32. The lowest BCUT2D eigenvalue weighted by Gasteiger charge is -2.23. The van der Waals surface area contributed by atoms with Crippen LogP contribution in [0.2, 0.25) is 0 Å². The maximum absolute atomic E-state index is 5.82. The number of methoxy groups -OCH3 is 3. The van der Waals surface area contributed by atoms with Crippen LogP contribution in [-0.2, 0) is 15.9 Å². The van der Waals surface area contributed by atoms with E-state index in [0.717, 1.165) is 37.4 Å². The number of hydrogen-bond acceptors (Lipinski definition) is 4. The lowest BCUT2D eigenvalue weighted by molar-refractivity contribution is 0.0985. The second kappa shape index (κ2) is 9.70. The Morgan fingerprint density at radius 3 is 2.36 bits per heavy atom. The van der Waals surface area contributed by atoms with Gasteiger partial charge in [-0.05, 0) is 36.0 Å². The van der Waals surface area contributed by atoms with E-state index in [-0.39, 0.29) is 5.41 Å². The van der Waals surface area contributed by atoms with Gasteiger partial charge in [0.05, 0.1) is 20.3 Å². The second-order valence-electron chi connectivity index (χ2n) is 6.28. The molecule has 0 N–H and O–H groups in total. The van der Waals surface area contributed by atoms with Gasteiger partial charge in [0.1, 0.15) is 0 Å². The molecule has 0 fully saturated rings. The third kappa shape index (κ3) is 6.67. The summed E-state index contributed by atoms with van der Waals surface area (Å²) in [7, 11) is 5.11. The Balaban J connectivity index is 2.64. The minimum atomic E-state index is 0.175. The van der Waals surface area contributed by atoms with E-state index in [9.17, 15) is 0 Å². The molecule has 0 aliphatic carbocycles. The Kier molecular flexibility index (Phi) is 8.28. The Hall–Kier alpha value is -1.26. The fraction of sp³-hybridized carbons (Fsp3) is 0.667. The monoisotopic (exact) mass is 310 g/mol. The van der Waals surface area contributed by atoms with E-state index in [1.807, 2.05) is 6.07 Å². The SMILES string of the molecule is COCCCOc1cc(CCC(C)(C)COC)ccc1OC. The first-order valence-corrected chi connectivity index (χ1v) is 7.80. The van der Waals surface area contributed by atoms with Crippen molar-refractivity contribution in [3.63, 3.8) is 0 Å². The van der Waals surface area contributed by atoms with Gasteiger partial charge < -0.3 is 18.9 Å². The van der Waals surface area contributed by atoms with Crippen molar-refractivity contribution in [1.82, 2.24) is 0 Å². The quantitative estimate of drug-likeness (QED) is 0.584. The fourth-order valence-corrected chi connectivity index (χ4v) is 2.32. The van der Waals surface area contributed by atoms with Crippen molar-refractivity contribution < 1.29 is 18.9 Å². The highest BCUT2D eigenvalue weighted by Gasteiger charge is 2.17. The molecule has 0 bridgehead atoms. The highest BCUT2D eigenvalue weighted by atomic mass is 16.5. The van der Waals surface area contributed by atoms with E-state index < -0.39 is 0 Å². The molecule has 0 aliphatic rings. The summed E-state index contributed by atoms with van der Waals surface area (Å²) in [5.41, 5.74) is 1.43. The van der Waals surface area contributed by atoms with E-state index in [4.69, 9.17) is 18.9 Å². The number of hydrogen-bond donors (Lipinski definition) is 0. The Bertz CT molecular complexity index is 429. The van der Waals surface area contributed by atoms with Crippen LogP contribution in [0.4, 0.5) is 0 Å². The van der Waals surface area contributed by atoms with Gasteiger partial charge in [-0.25, -0.2) is 0 Å². The summed E-state index contributed by atoms with van der Waals surface area (Å²) in [4.78, 5) is 0. The first-order chi connectivity index (χ1) is 10.5. The highest BCUT2D eigenvalue weighted by molar-refractivity contribution is 5.43. The molecule has 0 radical (unpaired) electrons. The van der Waals surface area contributed by atoms with Crippen LogP contribution in [0, 0.1) is 5.41 Å². The molecular formula is C18H30O4. The first kappa shape index (κ1) is 18.8. The van der Waals surface area contributed by atoms with Crippen LogP contribution in [0.25, 0.3) is 0 Å². The van der Waals surface area contributed by atoms with Crippen molar-refractivity contribution in [1.29, 1.82) is 0 Å². The molecule has 0 saturated heterocycles. The molecule has 0 spiro atoms. The summed E-state index contributed by atoms with van der Waals surface area (Å²) in [6.45, 7) is 6.55. The van der Waals surface area contributed by atoms with Crippen LogP contribution in [0.15, 0.2) is 18.2 Å². The summed E-state index contributed by atoms with van der Waals surface area (Å²) >= 11 is 0. The summed E-state index contributed by atoms with van der Waals surface area (Å²) < 4.78 is 21.5. The number of benzene rings is 1. The van der Waals surface area contributed by atoms with Crippen LogP contribution >= 0.6 is 0 Å². The molecular weight excluding hydrogens is 280 g/mol. The van der Waals surface area contributed by atoms with E-state index in [2.05, 4.69) is 26.0 Å². The lowest BCUT2D eigenvalue weighted by atomic mass is 9.87. The van der Waals surface area contributed by atoms with Gasteiger partial charge >= 0.3 is 0 Å². The van der Waals surface area contributed by atoms with E-state index in [1.54, 1.807) is 21.3 Å². The van der Waals surface area contributed by atoms with Crippen molar-refractivity contribution in [2.75, 3.05) is 41.2 Å². The van der Waals surface area contributed by atoms with Crippen LogP contribution in [0.3, 0.4) is 0 Å². The van der Waals surface area contributed by atoms with Crippen molar-refractivity contribution in [2.24, 2.45) is 5.41 Å². The van der Waals surface area contributed by atoms with Crippen molar-refractivity contribution in [3.05, 3.63) is 23.8 Å². The summed E-state index contributed by atoms with van der Waals surface area (Å²) in [6.07, 6.45) is 2.93. The van der Waals surface area contributed by atoms with Gasteiger partial charge in [0, 0.05) is 27.2 Å². The van der Waals surface area contributed by atoms with E-state index in [0.29, 0.717) is 13.2 Å². The molecule has 126 valence electrons. The van der Waals surface area contributed by atoms with Gasteiger partial charge in [0.2, 0.25) is 0 Å². The molecule has 0 aliphatic heterocycles. The van der Waals surface area contributed by atoms with Crippen LogP contribution in [0.1, 0.15) is 32.3 Å². The predicted molar refractivity (Wildman–Crippen MR) is 89.0 cm³/mol. The highest BCUT2D eigenvalue weighted by Crippen LogP contribution is 2.30. The largest absolute Gasteiger partial charge is 0.493 e. The minimum absolute atomic E-state index is 0.175. The maximum atomic E-state index is 5.82. The molecule has 1 aromatic rings. The van der Waals surface area contributed by atoms with Gasteiger partial charge in [0.25, 0.3) is 0 Å². The zero-order valence-corrected chi connectivity index (χ0v) is 14.6. The van der Waals surface area contributed by atoms with Crippen LogP contribution in [-0.4, -0.2) is 41.2 Å². The topological polar surface area (TPSA) is 36.9 Å². The van der Waals surface area contributed by atoms with Crippen molar-refractivity contribution in [3.8, 4) is 11.5 Å². The maximum Gasteiger partial charge on any atom is 0.161 e. The second-order valence-corrected chi connectivity index (χ2v) is 6.28. The molecule has 4 nitrogen and oxygen atoms in total. The molecule has 22 heavy (non-hydrogen) atoms. The van der Waals surface area contributed by atoms with Gasteiger partial charge in [-0.15, -0.1) is 0 Å². The van der Waals surface area contributed by atoms with Gasteiger partial charge in [0.15, 0.2) is 11.5 Å². The normalized spacial score (nSPS) is 11.5. The van der Waals surface area contributed by atoms with Crippen molar-refractivity contribution in [2.45, 2.75) is 33.1 Å². The summed E-state index contributed by atoms with van der Waals surface area (Å²) in [5, 5.41) is 0. The van der Waals surface area contributed by atoms with E-state index >= 15 is 0 Å². The number of aryl methyl sites for hydroxylation is 1. The average molecular weight is 310 g/mol. The predicted octanol–water partition coefficient (Wildman–Crippen LogP) is 3.72. The Morgan fingerprint density at radius 1 is 0.955 bits per heavy atom.